The van der Waals surface area contributed by atoms with Crippen molar-refractivity contribution in [3.05, 3.63) is 59.9 Å². The average Bonchev–Trinajstić information content (AvgIpc) is 3.19. The second-order valence-corrected chi connectivity index (χ2v) is 7.88. The first kappa shape index (κ1) is 20.5. The predicted molar refractivity (Wildman–Crippen MR) is 104 cm³/mol. The molecule has 1 aliphatic rings. The summed E-state index contributed by atoms with van der Waals surface area (Å²) >= 11 is 0. The summed E-state index contributed by atoms with van der Waals surface area (Å²) in [7, 11) is -3.82. The van der Waals surface area contributed by atoms with Gasteiger partial charge >= 0.3 is 5.97 Å². The average molecular weight is 419 g/mol. The van der Waals surface area contributed by atoms with Gasteiger partial charge in [0.25, 0.3) is 15.9 Å². The van der Waals surface area contributed by atoms with Crippen molar-refractivity contribution in [1.29, 1.82) is 0 Å². The largest absolute Gasteiger partial charge is 0.452 e. The minimum atomic E-state index is -3.82. The number of carbonyl (C=O) groups excluding carboxylic acids is 2. The molecule has 0 radical (unpaired) electrons. The molecule has 0 unspecified atom stereocenters. The molecule has 0 bridgehead atoms. The maximum atomic E-state index is 12.9. The van der Waals surface area contributed by atoms with Crippen molar-refractivity contribution in [1.82, 2.24) is 4.72 Å². The molecule has 2 aromatic carbocycles. The van der Waals surface area contributed by atoms with Crippen LogP contribution in [0.4, 0.5) is 10.1 Å². The van der Waals surface area contributed by atoms with E-state index in [2.05, 4.69) is 15.0 Å². The second-order valence-electron chi connectivity index (χ2n) is 6.20. The van der Waals surface area contributed by atoms with E-state index in [9.17, 15) is 22.4 Å². The van der Waals surface area contributed by atoms with E-state index in [-0.39, 0.29) is 16.1 Å². The van der Waals surface area contributed by atoms with E-state index in [1.165, 1.54) is 36.4 Å². The molecule has 2 N–H and O–H groups in total. The number of hydrogen-bond acceptors (Lipinski definition) is 6. The van der Waals surface area contributed by atoms with Gasteiger partial charge in [-0.1, -0.05) is 6.07 Å². The van der Waals surface area contributed by atoms with Crippen LogP contribution in [0.15, 0.2) is 58.4 Å². The molecule has 1 heterocycles. The minimum absolute atomic E-state index is 0.0341. The molecule has 3 rings (SSSR count). The summed E-state index contributed by atoms with van der Waals surface area (Å²) in [5, 5.41) is 2.47. The van der Waals surface area contributed by atoms with Crippen molar-refractivity contribution in [2.24, 2.45) is 4.99 Å². The van der Waals surface area contributed by atoms with E-state index >= 15 is 0 Å². The summed E-state index contributed by atoms with van der Waals surface area (Å²) < 4.78 is 45.0. The van der Waals surface area contributed by atoms with Crippen LogP contribution in [0.1, 0.15) is 23.2 Å². The monoisotopic (exact) mass is 419 g/mol. The van der Waals surface area contributed by atoms with Crippen LogP contribution in [0.5, 0.6) is 0 Å². The van der Waals surface area contributed by atoms with Crippen molar-refractivity contribution in [3.63, 3.8) is 0 Å². The summed E-state index contributed by atoms with van der Waals surface area (Å²) in [5.41, 5.74) is 0.331. The molecular formula is C19H18FN3O5S. The fraction of sp³-hybridized carbons (Fsp3) is 0.211. The van der Waals surface area contributed by atoms with Crippen molar-refractivity contribution in [3.8, 4) is 0 Å². The lowest BCUT2D eigenvalue weighted by atomic mass is 10.2. The molecule has 8 nitrogen and oxygen atoms in total. The molecule has 1 aliphatic heterocycles. The summed E-state index contributed by atoms with van der Waals surface area (Å²) in [6.45, 7) is 0.00678. The number of carbonyl (C=O) groups is 2. The zero-order valence-corrected chi connectivity index (χ0v) is 16.0. The van der Waals surface area contributed by atoms with Gasteiger partial charge in [0.1, 0.15) is 11.7 Å². The van der Waals surface area contributed by atoms with Gasteiger partial charge in [0.2, 0.25) is 0 Å². The van der Waals surface area contributed by atoms with E-state index in [1.807, 2.05) is 0 Å². The fourth-order valence-electron chi connectivity index (χ4n) is 2.58. The van der Waals surface area contributed by atoms with Crippen molar-refractivity contribution in [2.75, 3.05) is 18.5 Å². The van der Waals surface area contributed by atoms with Gasteiger partial charge < -0.3 is 10.1 Å². The first-order valence-corrected chi connectivity index (χ1v) is 10.2. The van der Waals surface area contributed by atoms with Crippen LogP contribution in [0.2, 0.25) is 0 Å². The van der Waals surface area contributed by atoms with Gasteiger partial charge in [0.15, 0.2) is 6.61 Å². The molecule has 0 fully saturated rings. The summed E-state index contributed by atoms with van der Waals surface area (Å²) in [5.74, 6) is -1.52. The zero-order valence-electron chi connectivity index (χ0n) is 15.2. The number of sulfonamides is 1. The van der Waals surface area contributed by atoms with Crippen LogP contribution in [0.25, 0.3) is 0 Å². The number of amides is 1. The van der Waals surface area contributed by atoms with Gasteiger partial charge in [-0.05, 0) is 48.9 Å². The van der Waals surface area contributed by atoms with Gasteiger partial charge in [-0.25, -0.2) is 17.6 Å². The Morgan fingerprint density at radius 2 is 1.90 bits per heavy atom. The van der Waals surface area contributed by atoms with Gasteiger partial charge in [0, 0.05) is 18.7 Å². The number of hydrogen-bond donors (Lipinski definition) is 2. The number of anilines is 1. The van der Waals surface area contributed by atoms with Crippen LogP contribution >= 0.6 is 0 Å². The molecule has 0 aromatic heterocycles. The standard InChI is InChI=1S/C19H18FN3O5S/c20-14-8-6-13(7-9-14)19(25)28-12-18(24)22-15-3-1-4-16(11-15)29(26,27)23-17-5-2-10-21-17/h1,3-4,6-9,11H,2,5,10,12H2,(H,21,23)(H,22,24). The van der Waals surface area contributed by atoms with E-state index in [0.717, 1.165) is 18.6 Å². The lowest BCUT2D eigenvalue weighted by Crippen LogP contribution is -2.29. The summed E-state index contributed by atoms with van der Waals surface area (Å²) in [6.07, 6.45) is 1.36. The third kappa shape index (κ3) is 5.61. The Labute approximate surface area is 166 Å². The van der Waals surface area contributed by atoms with Crippen LogP contribution in [0, 0.1) is 5.82 Å². The first-order valence-electron chi connectivity index (χ1n) is 8.72. The second kappa shape index (κ2) is 8.82. The van der Waals surface area contributed by atoms with E-state index in [4.69, 9.17) is 4.74 Å². The number of ether oxygens (including phenoxy) is 1. The quantitative estimate of drug-likeness (QED) is 0.696. The molecule has 10 heteroatoms. The molecule has 0 saturated heterocycles. The van der Waals surface area contributed by atoms with Gasteiger partial charge in [-0.15, -0.1) is 0 Å². The highest BCUT2D eigenvalue weighted by molar-refractivity contribution is 7.90. The Balaban J connectivity index is 1.58. The van der Waals surface area contributed by atoms with Crippen molar-refractivity contribution in [2.45, 2.75) is 17.7 Å². The number of halogens is 1. The highest BCUT2D eigenvalue weighted by Crippen LogP contribution is 2.16. The third-order valence-corrected chi connectivity index (χ3v) is 5.35. The van der Waals surface area contributed by atoms with Crippen LogP contribution in [-0.2, 0) is 19.6 Å². The van der Waals surface area contributed by atoms with E-state index in [1.54, 1.807) is 0 Å². The Morgan fingerprint density at radius 3 is 2.59 bits per heavy atom. The predicted octanol–water partition coefficient (Wildman–Crippen LogP) is 2.09. The van der Waals surface area contributed by atoms with Crippen LogP contribution < -0.4 is 10.0 Å². The molecule has 0 saturated carbocycles. The number of amidine groups is 1. The number of nitrogens with one attached hydrogen (secondary N) is 2. The Bertz CT molecular complexity index is 1050. The highest BCUT2D eigenvalue weighted by atomic mass is 32.2. The van der Waals surface area contributed by atoms with E-state index in [0.29, 0.717) is 18.8 Å². The number of rotatable bonds is 6. The number of aliphatic imine (C=N–C) groups is 1. The Hall–Kier alpha value is -3.27. The van der Waals surface area contributed by atoms with Crippen molar-refractivity contribution < 1.29 is 27.1 Å². The van der Waals surface area contributed by atoms with Gasteiger partial charge in [-0.2, -0.15) is 0 Å². The summed E-state index contributed by atoms with van der Waals surface area (Å²) in [6, 6.07) is 10.4. The number of esters is 1. The minimum Gasteiger partial charge on any atom is -0.452 e. The molecular weight excluding hydrogens is 401 g/mol. The smallest absolute Gasteiger partial charge is 0.338 e. The first-order chi connectivity index (χ1) is 13.8. The lowest BCUT2D eigenvalue weighted by molar-refractivity contribution is -0.119. The molecule has 0 atom stereocenters. The Kier molecular flexibility index (Phi) is 6.23. The molecule has 29 heavy (non-hydrogen) atoms. The number of nitrogens with zero attached hydrogens (tertiary/aromatic N) is 1. The number of benzene rings is 2. The maximum absolute atomic E-state index is 12.9. The Morgan fingerprint density at radius 1 is 1.14 bits per heavy atom. The topological polar surface area (TPSA) is 114 Å². The SMILES string of the molecule is O=C(COC(=O)c1ccc(F)cc1)Nc1cccc(S(=O)(=O)NC2=NCCC2)c1. The third-order valence-electron chi connectivity index (χ3n) is 3.97. The molecule has 152 valence electrons. The van der Waals surface area contributed by atoms with Crippen LogP contribution in [0.3, 0.4) is 0 Å². The van der Waals surface area contributed by atoms with Crippen LogP contribution in [-0.4, -0.2) is 39.3 Å². The fourth-order valence-corrected chi connectivity index (χ4v) is 3.71. The highest BCUT2D eigenvalue weighted by Gasteiger charge is 2.19. The molecule has 2 aromatic rings. The zero-order chi connectivity index (χ0) is 20.9. The lowest BCUT2D eigenvalue weighted by Gasteiger charge is -2.10. The molecule has 0 aliphatic carbocycles. The van der Waals surface area contributed by atoms with Gasteiger partial charge in [-0.3, -0.25) is 14.5 Å². The normalized spacial score (nSPS) is 13.5. The molecule has 1 amide bonds. The van der Waals surface area contributed by atoms with Crippen molar-refractivity contribution >= 4 is 33.4 Å². The van der Waals surface area contributed by atoms with E-state index < -0.39 is 34.3 Å². The maximum Gasteiger partial charge on any atom is 0.338 e. The molecule has 0 spiro atoms. The summed E-state index contributed by atoms with van der Waals surface area (Å²) in [4.78, 5) is 27.9. The van der Waals surface area contributed by atoms with Gasteiger partial charge in [0.05, 0.1) is 10.5 Å².